The van der Waals surface area contributed by atoms with Gasteiger partial charge in [0.05, 0.1) is 6.33 Å². The van der Waals surface area contributed by atoms with Crippen LogP contribution in [0.5, 0.6) is 0 Å². The van der Waals surface area contributed by atoms with Crippen LogP contribution in [0, 0.1) is 6.92 Å². The van der Waals surface area contributed by atoms with Crippen molar-refractivity contribution in [1.82, 2.24) is 23.8 Å². The fraction of sp³-hybridized carbons (Fsp3) is 0.588. The second-order valence-corrected chi connectivity index (χ2v) is 9.05. The van der Waals surface area contributed by atoms with Gasteiger partial charge in [-0.3, -0.25) is 0 Å². The molecule has 0 atom stereocenters. The molecule has 3 heterocycles. The number of imidazole rings is 1. The minimum absolute atomic E-state index is 0.129. The van der Waals surface area contributed by atoms with Gasteiger partial charge in [-0.15, -0.1) is 0 Å². The second kappa shape index (κ2) is 6.62. The van der Waals surface area contributed by atoms with E-state index in [1.807, 2.05) is 13.0 Å². The van der Waals surface area contributed by atoms with E-state index in [1.165, 1.54) is 19.2 Å². The smallest absolute Gasteiger partial charge is 0.262 e. The van der Waals surface area contributed by atoms with E-state index in [2.05, 4.69) is 19.9 Å². The highest BCUT2D eigenvalue weighted by molar-refractivity contribution is 7.89. The van der Waals surface area contributed by atoms with E-state index >= 15 is 0 Å². The summed E-state index contributed by atoms with van der Waals surface area (Å²) in [7, 11) is -1.74. The third-order valence-corrected chi connectivity index (χ3v) is 6.88. The number of aryl methyl sites for hydroxylation is 2. The minimum Gasteiger partial charge on any atom is -0.350 e. The molecule has 1 aliphatic heterocycles. The van der Waals surface area contributed by atoms with E-state index in [0.29, 0.717) is 25.2 Å². The van der Waals surface area contributed by atoms with E-state index in [1.54, 1.807) is 28.4 Å². The van der Waals surface area contributed by atoms with Crippen LogP contribution in [0.15, 0.2) is 29.9 Å². The summed E-state index contributed by atoms with van der Waals surface area (Å²) in [6, 6.07) is 2.86. The van der Waals surface area contributed by atoms with Crippen LogP contribution < -0.4 is 4.90 Å². The van der Waals surface area contributed by atoms with Crippen molar-refractivity contribution in [3.8, 4) is 0 Å². The highest BCUT2D eigenvalue weighted by atomic mass is 32.2. The first-order valence-corrected chi connectivity index (χ1v) is 10.4. The van der Waals surface area contributed by atoms with Gasteiger partial charge in [0.1, 0.15) is 12.1 Å². The second-order valence-electron chi connectivity index (χ2n) is 7.17. The van der Waals surface area contributed by atoms with Crippen molar-refractivity contribution < 1.29 is 8.42 Å². The number of piperidine rings is 1. The maximum absolute atomic E-state index is 12.8. The van der Waals surface area contributed by atoms with Gasteiger partial charge in [-0.1, -0.05) is 0 Å². The van der Waals surface area contributed by atoms with Crippen LogP contribution in [0.1, 0.15) is 31.4 Å². The van der Waals surface area contributed by atoms with E-state index < -0.39 is 10.0 Å². The maximum Gasteiger partial charge on any atom is 0.262 e. The molecular formula is C17H24N6O2S. The first-order chi connectivity index (χ1) is 12.4. The highest BCUT2D eigenvalue weighted by Gasteiger charge is 2.38. The van der Waals surface area contributed by atoms with Crippen molar-refractivity contribution in [2.75, 3.05) is 18.0 Å². The lowest BCUT2D eigenvalue weighted by molar-refractivity contribution is 0.307. The molecule has 0 unspecified atom stereocenters. The fourth-order valence-corrected chi connectivity index (χ4v) is 5.06. The van der Waals surface area contributed by atoms with Crippen LogP contribution >= 0.6 is 0 Å². The van der Waals surface area contributed by atoms with Gasteiger partial charge in [-0.05, 0) is 32.6 Å². The lowest BCUT2D eigenvalue weighted by Crippen LogP contribution is -2.48. The maximum atomic E-state index is 12.8. The van der Waals surface area contributed by atoms with Gasteiger partial charge in [-0.25, -0.2) is 23.4 Å². The molecule has 2 fully saturated rings. The van der Waals surface area contributed by atoms with Gasteiger partial charge >= 0.3 is 0 Å². The largest absolute Gasteiger partial charge is 0.350 e. The molecule has 4 rings (SSSR count). The zero-order valence-corrected chi connectivity index (χ0v) is 15.9. The Balaban J connectivity index is 1.49. The molecule has 2 aromatic heterocycles. The van der Waals surface area contributed by atoms with E-state index in [4.69, 9.17) is 0 Å². The van der Waals surface area contributed by atoms with Gasteiger partial charge in [0, 0.05) is 50.2 Å². The molecule has 2 aliphatic rings. The molecule has 8 nitrogen and oxygen atoms in total. The van der Waals surface area contributed by atoms with Crippen molar-refractivity contribution in [2.24, 2.45) is 7.05 Å². The lowest BCUT2D eigenvalue weighted by Gasteiger charge is -2.38. The molecule has 0 spiro atoms. The number of nitrogens with zero attached hydrogens (tertiary/aromatic N) is 6. The average Bonchev–Trinajstić information content (AvgIpc) is 3.34. The average molecular weight is 376 g/mol. The van der Waals surface area contributed by atoms with Crippen LogP contribution in [0.2, 0.25) is 0 Å². The monoisotopic (exact) mass is 376 g/mol. The zero-order valence-electron chi connectivity index (χ0n) is 15.1. The number of anilines is 1. The summed E-state index contributed by atoms with van der Waals surface area (Å²) in [6.07, 6.45) is 8.64. The summed E-state index contributed by atoms with van der Waals surface area (Å²) in [5, 5.41) is 0.129. The Morgan fingerprint density at radius 3 is 2.35 bits per heavy atom. The lowest BCUT2D eigenvalue weighted by atomic mass is 10.0. The van der Waals surface area contributed by atoms with Gasteiger partial charge in [-0.2, -0.15) is 4.31 Å². The number of hydrogen-bond acceptors (Lipinski definition) is 6. The number of hydrogen-bond donors (Lipinski definition) is 0. The van der Waals surface area contributed by atoms with Crippen molar-refractivity contribution in [3.05, 3.63) is 30.6 Å². The Bertz CT molecular complexity index is 884. The van der Waals surface area contributed by atoms with Gasteiger partial charge in [0.15, 0.2) is 5.03 Å². The summed E-state index contributed by atoms with van der Waals surface area (Å²) in [4.78, 5) is 15.1. The molecule has 0 radical (unpaired) electrons. The van der Waals surface area contributed by atoms with E-state index in [0.717, 1.165) is 24.4 Å². The predicted octanol–water partition coefficient (Wildman–Crippen LogP) is 1.34. The molecule has 26 heavy (non-hydrogen) atoms. The SMILES string of the molecule is Cc1cc(N(C2CC2)C2CCN(S(=O)(=O)c3cn(C)cn3)CC2)ncn1. The van der Waals surface area contributed by atoms with E-state index in [9.17, 15) is 8.42 Å². The standard InChI is InChI=1S/C17H24N6O2S/c1-13-9-16(19-11-18-13)23(14-3-4-14)15-5-7-22(8-6-15)26(24,25)17-10-21(2)12-20-17/h9-12,14-15H,3-8H2,1-2H3. The predicted molar refractivity (Wildman–Crippen MR) is 97.3 cm³/mol. The molecule has 0 bridgehead atoms. The molecular weight excluding hydrogens is 352 g/mol. The Kier molecular flexibility index (Phi) is 4.44. The van der Waals surface area contributed by atoms with Gasteiger partial charge in [0.25, 0.3) is 10.0 Å². The fourth-order valence-electron chi connectivity index (χ4n) is 3.62. The van der Waals surface area contributed by atoms with Crippen molar-refractivity contribution in [1.29, 1.82) is 0 Å². The highest BCUT2D eigenvalue weighted by Crippen LogP contribution is 2.35. The van der Waals surface area contributed by atoms with Crippen LogP contribution in [-0.4, -0.2) is 57.4 Å². The summed E-state index contributed by atoms with van der Waals surface area (Å²) in [5.41, 5.74) is 0.954. The molecule has 0 N–H and O–H groups in total. The van der Waals surface area contributed by atoms with Crippen molar-refractivity contribution in [2.45, 2.75) is 49.7 Å². The van der Waals surface area contributed by atoms with Crippen LogP contribution in [-0.2, 0) is 17.1 Å². The van der Waals surface area contributed by atoms with Gasteiger partial charge in [0.2, 0.25) is 0 Å². The Labute approximate surface area is 153 Å². The van der Waals surface area contributed by atoms with Crippen LogP contribution in [0.4, 0.5) is 5.82 Å². The van der Waals surface area contributed by atoms with Crippen molar-refractivity contribution in [3.63, 3.8) is 0 Å². The first kappa shape index (κ1) is 17.4. The summed E-state index contributed by atoms with van der Waals surface area (Å²) < 4.78 is 28.7. The Morgan fingerprint density at radius 1 is 1.08 bits per heavy atom. The number of rotatable bonds is 5. The normalized spacial score (nSPS) is 19.6. The van der Waals surface area contributed by atoms with Crippen LogP contribution in [0.3, 0.4) is 0 Å². The van der Waals surface area contributed by atoms with Crippen molar-refractivity contribution >= 4 is 15.8 Å². The van der Waals surface area contributed by atoms with E-state index in [-0.39, 0.29) is 5.03 Å². The number of sulfonamides is 1. The summed E-state index contributed by atoms with van der Waals surface area (Å²) >= 11 is 0. The molecule has 0 amide bonds. The summed E-state index contributed by atoms with van der Waals surface area (Å²) in [6.45, 7) is 2.99. The molecule has 140 valence electrons. The first-order valence-electron chi connectivity index (χ1n) is 9.00. The third kappa shape index (κ3) is 3.33. The van der Waals surface area contributed by atoms with Gasteiger partial charge < -0.3 is 9.47 Å². The molecule has 1 aliphatic carbocycles. The quantitative estimate of drug-likeness (QED) is 0.783. The topological polar surface area (TPSA) is 84.2 Å². The number of aromatic nitrogens is 4. The molecule has 9 heteroatoms. The van der Waals surface area contributed by atoms with Crippen LogP contribution in [0.25, 0.3) is 0 Å². The summed E-state index contributed by atoms with van der Waals surface area (Å²) in [5.74, 6) is 0.964. The molecule has 1 saturated heterocycles. The minimum atomic E-state index is -3.51. The molecule has 0 aromatic carbocycles. The molecule has 2 aromatic rings. The zero-order chi connectivity index (χ0) is 18.3. The third-order valence-electron chi connectivity index (χ3n) is 5.10. The Hall–Kier alpha value is -2.00. The molecule has 1 saturated carbocycles. The Morgan fingerprint density at radius 2 is 1.77 bits per heavy atom.